The van der Waals surface area contributed by atoms with Crippen LogP contribution in [0.5, 0.6) is 5.88 Å². The summed E-state index contributed by atoms with van der Waals surface area (Å²) in [5.74, 6) is -1.05. The van der Waals surface area contributed by atoms with Crippen LogP contribution in [0.15, 0.2) is 42.9 Å². The number of pyridine rings is 2. The molecule has 2 fully saturated rings. The molecule has 0 bridgehead atoms. The smallest absolute Gasteiger partial charge is 0.272 e. The van der Waals surface area contributed by atoms with Crippen LogP contribution in [-0.4, -0.2) is 62.8 Å². The third kappa shape index (κ3) is 2.92. The second-order valence-corrected chi connectivity index (χ2v) is 8.12. The summed E-state index contributed by atoms with van der Waals surface area (Å²) in [6.07, 6.45) is 6.35. The van der Waals surface area contributed by atoms with Gasteiger partial charge in [0.05, 0.1) is 30.5 Å². The zero-order chi connectivity index (χ0) is 20.3. The number of rotatable bonds is 3. The molecule has 1 atom stereocenters. The highest BCUT2D eigenvalue weighted by atomic mass is 19.3. The van der Waals surface area contributed by atoms with E-state index in [1.807, 2.05) is 40.0 Å². The van der Waals surface area contributed by atoms with Gasteiger partial charge >= 0.3 is 0 Å². The molecule has 0 radical (unpaired) electrons. The number of hydrogen-bond acceptors (Lipinski definition) is 6. The molecule has 6 heterocycles. The molecule has 0 aliphatic carbocycles. The first-order valence-corrected chi connectivity index (χ1v) is 10.1. The summed E-state index contributed by atoms with van der Waals surface area (Å²) in [6, 6.07) is 7.96. The van der Waals surface area contributed by atoms with E-state index in [2.05, 4.69) is 14.9 Å². The number of halogens is 2. The summed E-state index contributed by atoms with van der Waals surface area (Å²) in [5, 5.41) is 4.72. The molecule has 1 unspecified atom stereocenters. The summed E-state index contributed by atoms with van der Waals surface area (Å²) >= 11 is 0. The minimum absolute atomic E-state index is 0.121. The van der Waals surface area contributed by atoms with Gasteiger partial charge in [0.2, 0.25) is 5.88 Å². The van der Waals surface area contributed by atoms with E-state index in [1.165, 1.54) is 0 Å². The Kier molecular flexibility index (Phi) is 3.83. The lowest BCUT2D eigenvalue weighted by molar-refractivity contribution is -0.143. The normalized spacial score (nSPS) is 22.2. The first-order valence-electron chi connectivity index (χ1n) is 10.1. The molecule has 3 aliphatic heterocycles. The fourth-order valence-corrected chi connectivity index (χ4v) is 4.46. The SMILES string of the molecule is FC1(F)CN(C2CCN(c3ccc(-n4cc5c(n4)-c4cccnc4OC5)cn3)C2)C1. The molecular weight excluding hydrogens is 390 g/mol. The fraction of sp³-hybridized carbons (Fsp3) is 0.381. The van der Waals surface area contributed by atoms with Crippen molar-refractivity contribution in [3.8, 4) is 22.8 Å². The molecule has 30 heavy (non-hydrogen) atoms. The lowest BCUT2D eigenvalue weighted by atomic mass is 10.1. The highest BCUT2D eigenvalue weighted by molar-refractivity contribution is 5.69. The predicted octanol–water partition coefficient (Wildman–Crippen LogP) is 2.75. The first kappa shape index (κ1) is 17.8. The number of aromatic nitrogens is 4. The quantitative estimate of drug-likeness (QED) is 0.662. The maximum Gasteiger partial charge on any atom is 0.272 e. The van der Waals surface area contributed by atoms with Gasteiger partial charge in [-0.1, -0.05) is 0 Å². The highest BCUT2D eigenvalue weighted by Crippen LogP contribution is 2.35. The third-order valence-electron chi connectivity index (χ3n) is 6.05. The van der Waals surface area contributed by atoms with Crippen molar-refractivity contribution in [3.63, 3.8) is 0 Å². The molecule has 0 amide bonds. The maximum atomic E-state index is 13.1. The number of ether oxygens (including phenoxy) is 1. The van der Waals surface area contributed by atoms with E-state index in [1.54, 1.807) is 12.4 Å². The summed E-state index contributed by atoms with van der Waals surface area (Å²) in [6.45, 7) is 1.76. The summed E-state index contributed by atoms with van der Waals surface area (Å²) in [5.41, 5.74) is 3.63. The van der Waals surface area contributed by atoms with Gasteiger partial charge < -0.3 is 9.64 Å². The molecule has 9 heteroatoms. The summed E-state index contributed by atoms with van der Waals surface area (Å²) in [7, 11) is 0. The number of hydrogen-bond donors (Lipinski definition) is 0. The standard InChI is InChI=1S/C21H20F2N6O/c22-21(23)12-28(13-21)16-5-7-27(10-16)18-4-3-15(8-25-18)29-9-14-11-30-20-17(19(14)26-29)2-1-6-24-20/h1-4,6,8-9,16H,5,7,10-13H2. The summed E-state index contributed by atoms with van der Waals surface area (Å²) < 4.78 is 33.8. The Balaban J connectivity index is 1.19. The van der Waals surface area contributed by atoms with Crippen LogP contribution in [0.2, 0.25) is 0 Å². The van der Waals surface area contributed by atoms with E-state index in [-0.39, 0.29) is 19.1 Å². The van der Waals surface area contributed by atoms with Crippen LogP contribution in [-0.2, 0) is 6.61 Å². The maximum absolute atomic E-state index is 13.1. The van der Waals surface area contributed by atoms with Crippen LogP contribution in [0, 0.1) is 0 Å². The van der Waals surface area contributed by atoms with Gasteiger partial charge in [-0.15, -0.1) is 0 Å². The Bertz CT molecular complexity index is 1090. The average molecular weight is 410 g/mol. The Morgan fingerprint density at radius 3 is 2.83 bits per heavy atom. The number of anilines is 1. The van der Waals surface area contributed by atoms with Gasteiger partial charge in [0.1, 0.15) is 18.1 Å². The van der Waals surface area contributed by atoms with Crippen LogP contribution >= 0.6 is 0 Å². The molecule has 2 saturated heterocycles. The van der Waals surface area contributed by atoms with Gasteiger partial charge in [-0.05, 0) is 30.7 Å². The van der Waals surface area contributed by atoms with Gasteiger partial charge in [-0.2, -0.15) is 5.10 Å². The molecule has 0 spiro atoms. The Morgan fingerprint density at radius 1 is 1.13 bits per heavy atom. The van der Waals surface area contributed by atoms with Crippen LogP contribution in [0.25, 0.3) is 16.9 Å². The van der Waals surface area contributed by atoms with Crippen LogP contribution < -0.4 is 9.64 Å². The molecule has 3 aromatic heterocycles. The number of alkyl halides is 2. The molecule has 3 aromatic rings. The van der Waals surface area contributed by atoms with Crippen molar-refractivity contribution >= 4 is 5.82 Å². The lowest BCUT2D eigenvalue weighted by Gasteiger charge is -2.42. The monoisotopic (exact) mass is 410 g/mol. The van der Waals surface area contributed by atoms with Gasteiger partial charge in [-0.25, -0.2) is 23.4 Å². The zero-order valence-electron chi connectivity index (χ0n) is 16.2. The van der Waals surface area contributed by atoms with Gasteiger partial charge in [0.15, 0.2) is 0 Å². The van der Waals surface area contributed by atoms with Gasteiger partial charge in [0.25, 0.3) is 5.92 Å². The summed E-state index contributed by atoms with van der Waals surface area (Å²) in [4.78, 5) is 12.9. The van der Waals surface area contributed by atoms with Gasteiger partial charge in [-0.3, -0.25) is 4.90 Å². The third-order valence-corrected chi connectivity index (χ3v) is 6.05. The van der Waals surface area contributed by atoms with E-state index in [0.29, 0.717) is 12.5 Å². The zero-order valence-corrected chi connectivity index (χ0v) is 16.2. The van der Waals surface area contributed by atoms with Crippen molar-refractivity contribution < 1.29 is 13.5 Å². The average Bonchev–Trinajstić information content (AvgIpc) is 3.39. The molecule has 0 N–H and O–H groups in total. The molecular formula is C21H20F2N6O. The molecule has 6 rings (SSSR count). The largest absolute Gasteiger partial charge is 0.472 e. The highest BCUT2D eigenvalue weighted by Gasteiger charge is 2.47. The number of nitrogens with zero attached hydrogens (tertiary/aromatic N) is 6. The molecule has 7 nitrogen and oxygen atoms in total. The van der Waals surface area contributed by atoms with E-state index < -0.39 is 5.92 Å². The molecule has 0 saturated carbocycles. The van der Waals surface area contributed by atoms with Crippen molar-refractivity contribution in [3.05, 3.63) is 48.4 Å². The van der Waals surface area contributed by atoms with Crippen molar-refractivity contribution in [2.24, 2.45) is 0 Å². The van der Waals surface area contributed by atoms with Crippen LogP contribution in [0.1, 0.15) is 12.0 Å². The second kappa shape index (κ2) is 6.46. The van der Waals surface area contributed by atoms with Crippen molar-refractivity contribution in [1.82, 2.24) is 24.6 Å². The minimum Gasteiger partial charge on any atom is -0.472 e. The molecule has 3 aliphatic rings. The van der Waals surface area contributed by atoms with Crippen molar-refractivity contribution in [1.29, 1.82) is 0 Å². The Hall–Kier alpha value is -3.07. The lowest BCUT2D eigenvalue weighted by Crippen LogP contribution is -2.60. The van der Waals surface area contributed by atoms with Crippen molar-refractivity contribution in [2.45, 2.75) is 25.0 Å². The Morgan fingerprint density at radius 2 is 2.03 bits per heavy atom. The van der Waals surface area contributed by atoms with E-state index in [0.717, 1.165) is 47.8 Å². The van der Waals surface area contributed by atoms with Gasteiger partial charge in [0, 0.05) is 37.1 Å². The van der Waals surface area contributed by atoms with Crippen LogP contribution in [0.3, 0.4) is 0 Å². The predicted molar refractivity (Wildman–Crippen MR) is 106 cm³/mol. The number of likely N-dealkylation sites (tertiary alicyclic amines) is 1. The second-order valence-electron chi connectivity index (χ2n) is 8.12. The molecule has 0 aromatic carbocycles. The molecule has 154 valence electrons. The van der Waals surface area contributed by atoms with E-state index in [9.17, 15) is 8.78 Å². The van der Waals surface area contributed by atoms with Crippen molar-refractivity contribution in [2.75, 3.05) is 31.1 Å². The fourth-order valence-electron chi connectivity index (χ4n) is 4.46. The van der Waals surface area contributed by atoms with E-state index >= 15 is 0 Å². The van der Waals surface area contributed by atoms with Crippen LogP contribution in [0.4, 0.5) is 14.6 Å². The number of fused-ring (bicyclic) bond motifs is 3. The van der Waals surface area contributed by atoms with E-state index in [4.69, 9.17) is 9.84 Å². The first-order chi connectivity index (χ1) is 14.6. The topological polar surface area (TPSA) is 59.3 Å². The minimum atomic E-state index is -2.52. The Labute approximate surface area is 171 Å².